The molecule has 0 bridgehead atoms. The lowest BCUT2D eigenvalue weighted by molar-refractivity contribution is 0.144. The third kappa shape index (κ3) is 3.10. The van der Waals surface area contributed by atoms with Crippen molar-refractivity contribution >= 4 is 17.3 Å². The number of fused-ring (bicyclic) bond motifs is 1. The molecular weight excluding hydrogens is 266 g/mol. The summed E-state index contributed by atoms with van der Waals surface area (Å²) in [4.78, 5) is 8.97. The summed E-state index contributed by atoms with van der Waals surface area (Å²) in [6, 6.07) is 0.0531. The molecule has 2 aromatic rings. The molecule has 0 amide bonds. The molecule has 1 fully saturated rings. The first-order valence-electron chi connectivity index (χ1n) is 7.80. The van der Waals surface area contributed by atoms with E-state index in [9.17, 15) is 5.11 Å². The molecule has 0 radical (unpaired) electrons. The maximum absolute atomic E-state index is 10.3. The van der Waals surface area contributed by atoms with Crippen molar-refractivity contribution in [1.82, 2.24) is 14.4 Å². The first-order chi connectivity index (χ1) is 10.3. The predicted octanol–water partition coefficient (Wildman–Crippen LogP) is 2.27. The van der Waals surface area contributed by atoms with Crippen LogP contribution in [0.4, 0.5) is 11.6 Å². The average molecular weight is 289 g/mol. The van der Waals surface area contributed by atoms with E-state index in [2.05, 4.69) is 20.6 Å². The topological polar surface area (TPSA) is 74.5 Å². The fourth-order valence-corrected chi connectivity index (χ4v) is 2.93. The normalized spacial score (nSPS) is 23.0. The highest BCUT2D eigenvalue weighted by Gasteiger charge is 2.23. The standard InChI is InChI=1S/C15H23N5O/c1-2-16-13-10-20-9-8-17-15(20)14(19-13)18-11-6-4-3-5-7-12(11)21/h8-12,16,21H,2-7H2,1H3,(H,18,19). The van der Waals surface area contributed by atoms with Gasteiger partial charge in [0.2, 0.25) is 0 Å². The number of rotatable bonds is 4. The average Bonchev–Trinajstić information content (AvgIpc) is 2.85. The van der Waals surface area contributed by atoms with E-state index in [0.717, 1.165) is 49.5 Å². The second-order valence-electron chi connectivity index (χ2n) is 5.62. The predicted molar refractivity (Wildman–Crippen MR) is 83.7 cm³/mol. The van der Waals surface area contributed by atoms with Crippen LogP contribution in [0.3, 0.4) is 0 Å². The van der Waals surface area contributed by atoms with Gasteiger partial charge in [0, 0.05) is 18.9 Å². The van der Waals surface area contributed by atoms with Crippen LogP contribution in [0.1, 0.15) is 39.0 Å². The lowest BCUT2D eigenvalue weighted by Crippen LogP contribution is -2.33. The van der Waals surface area contributed by atoms with Crippen molar-refractivity contribution in [2.24, 2.45) is 0 Å². The number of nitrogens with zero attached hydrogens (tertiary/aromatic N) is 3. The van der Waals surface area contributed by atoms with Crippen molar-refractivity contribution in [2.75, 3.05) is 17.2 Å². The molecular formula is C15H23N5O. The van der Waals surface area contributed by atoms with E-state index < -0.39 is 0 Å². The number of aliphatic hydroxyl groups is 1. The summed E-state index contributed by atoms with van der Waals surface area (Å²) in [5.74, 6) is 1.55. The molecule has 0 spiro atoms. The maximum atomic E-state index is 10.3. The first kappa shape index (κ1) is 14.1. The number of hydrogen-bond acceptors (Lipinski definition) is 5. The summed E-state index contributed by atoms with van der Waals surface area (Å²) >= 11 is 0. The Morgan fingerprint density at radius 2 is 2.19 bits per heavy atom. The largest absolute Gasteiger partial charge is 0.391 e. The quantitative estimate of drug-likeness (QED) is 0.753. The number of aromatic nitrogens is 3. The lowest BCUT2D eigenvalue weighted by Gasteiger charge is -2.22. The van der Waals surface area contributed by atoms with Crippen LogP contribution in [0, 0.1) is 0 Å². The zero-order chi connectivity index (χ0) is 14.7. The second-order valence-corrected chi connectivity index (χ2v) is 5.62. The van der Waals surface area contributed by atoms with Gasteiger partial charge in [-0.25, -0.2) is 9.97 Å². The Kier molecular flexibility index (Phi) is 4.24. The minimum absolute atomic E-state index is 0.0531. The van der Waals surface area contributed by atoms with E-state index in [1.54, 1.807) is 6.20 Å². The van der Waals surface area contributed by atoms with Gasteiger partial charge in [-0.2, -0.15) is 0 Å². The molecule has 2 unspecified atom stereocenters. The molecule has 0 saturated heterocycles. The molecule has 2 heterocycles. The summed E-state index contributed by atoms with van der Waals surface area (Å²) in [6.45, 7) is 2.86. The molecule has 0 aliphatic heterocycles. The number of imidazole rings is 1. The minimum Gasteiger partial charge on any atom is -0.391 e. The molecule has 2 atom stereocenters. The van der Waals surface area contributed by atoms with Crippen molar-refractivity contribution in [3.63, 3.8) is 0 Å². The maximum Gasteiger partial charge on any atom is 0.180 e. The van der Waals surface area contributed by atoms with Gasteiger partial charge >= 0.3 is 0 Å². The molecule has 3 N–H and O–H groups in total. The molecule has 1 aliphatic carbocycles. The smallest absolute Gasteiger partial charge is 0.180 e. The van der Waals surface area contributed by atoms with Gasteiger partial charge in [-0.15, -0.1) is 0 Å². The van der Waals surface area contributed by atoms with E-state index in [0.29, 0.717) is 0 Å². The Morgan fingerprint density at radius 1 is 1.33 bits per heavy atom. The van der Waals surface area contributed by atoms with Crippen molar-refractivity contribution in [3.05, 3.63) is 18.6 Å². The zero-order valence-electron chi connectivity index (χ0n) is 12.4. The van der Waals surface area contributed by atoms with Crippen LogP contribution in [0.25, 0.3) is 5.65 Å². The number of anilines is 2. The van der Waals surface area contributed by atoms with Crippen LogP contribution in [0.2, 0.25) is 0 Å². The van der Waals surface area contributed by atoms with E-state index in [1.165, 1.54) is 6.42 Å². The van der Waals surface area contributed by atoms with Crippen LogP contribution in [-0.4, -0.2) is 38.2 Å². The molecule has 2 aromatic heterocycles. The van der Waals surface area contributed by atoms with E-state index in [-0.39, 0.29) is 12.1 Å². The molecule has 114 valence electrons. The lowest BCUT2D eigenvalue weighted by atomic mass is 10.1. The Labute approximate surface area is 124 Å². The number of hydrogen-bond donors (Lipinski definition) is 3. The molecule has 6 nitrogen and oxygen atoms in total. The molecule has 3 rings (SSSR count). The number of nitrogens with one attached hydrogen (secondary N) is 2. The van der Waals surface area contributed by atoms with Crippen molar-refractivity contribution in [3.8, 4) is 0 Å². The van der Waals surface area contributed by atoms with E-state index >= 15 is 0 Å². The Morgan fingerprint density at radius 3 is 3.05 bits per heavy atom. The summed E-state index contributed by atoms with van der Waals surface area (Å²) in [7, 11) is 0. The van der Waals surface area contributed by atoms with Crippen LogP contribution in [0.5, 0.6) is 0 Å². The second kappa shape index (κ2) is 6.30. The first-order valence-corrected chi connectivity index (χ1v) is 7.80. The summed E-state index contributed by atoms with van der Waals surface area (Å²) in [5.41, 5.74) is 0.799. The fraction of sp³-hybridized carbons (Fsp3) is 0.600. The number of aliphatic hydroxyl groups excluding tert-OH is 1. The Bertz CT molecular complexity index is 597. The van der Waals surface area contributed by atoms with Crippen molar-refractivity contribution in [2.45, 2.75) is 51.2 Å². The highest BCUT2D eigenvalue weighted by Crippen LogP contribution is 2.23. The van der Waals surface area contributed by atoms with Gasteiger partial charge in [0.25, 0.3) is 0 Å². The van der Waals surface area contributed by atoms with Gasteiger partial charge in [0.1, 0.15) is 5.82 Å². The highest BCUT2D eigenvalue weighted by molar-refractivity contribution is 5.65. The monoisotopic (exact) mass is 289 g/mol. The third-order valence-electron chi connectivity index (χ3n) is 4.03. The molecule has 6 heteroatoms. The summed E-state index contributed by atoms with van der Waals surface area (Å²) < 4.78 is 1.95. The summed E-state index contributed by atoms with van der Waals surface area (Å²) in [6.07, 6.45) is 10.6. The molecule has 1 saturated carbocycles. The fourth-order valence-electron chi connectivity index (χ4n) is 2.93. The summed E-state index contributed by atoms with van der Waals surface area (Å²) in [5, 5.41) is 16.9. The van der Waals surface area contributed by atoms with E-state index in [4.69, 9.17) is 0 Å². The van der Waals surface area contributed by atoms with Gasteiger partial charge in [0.15, 0.2) is 11.5 Å². The van der Waals surface area contributed by atoms with Crippen LogP contribution >= 0.6 is 0 Å². The minimum atomic E-state index is -0.313. The van der Waals surface area contributed by atoms with Gasteiger partial charge in [-0.3, -0.25) is 0 Å². The van der Waals surface area contributed by atoms with Crippen LogP contribution in [0.15, 0.2) is 18.6 Å². The zero-order valence-corrected chi connectivity index (χ0v) is 12.4. The SMILES string of the molecule is CCNc1cn2ccnc2c(NC2CCCCCC2O)n1. The van der Waals surface area contributed by atoms with Gasteiger partial charge in [-0.05, 0) is 19.8 Å². The van der Waals surface area contributed by atoms with Crippen molar-refractivity contribution in [1.29, 1.82) is 0 Å². The highest BCUT2D eigenvalue weighted by atomic mass is 16.3. The molecule has 0 aromatic carbocycles. The van der Waals surface area contributed by atoms with Gasteiger partial charge in [-0.1, -0.05) is 19.3 Å². The van der Waals surface area contributed by atoms with Crippen LogP contribution < -0.4 is 10.6 Å². The Balaban J connectivity index is 1.89. The van der Waals surface area contributed by atoms with Gasteiger partial charge < -0.3 is 20.1 Å². The molecule has 21 heavy (non-hydrogen) atoms. The van der Waals surface area contributed by atoms with Gasteiger partial charge in [0.05, 0.1) is 18.3 Å². The van der Waals surface area contributed by atoms with Crippen molar-refractivity contribution < 1.29 is 5.11 Å². The Hall–Kier alpha value is -1.82. The van der Waals surface area contributed by atoms with E-state index in [1.807, 2.05) is 23.7 Å². The molecule has 1 aliphatic rings. The third-order valence-corrected chi connectivity index (χ3v) is 4.03. The van der Waals surface area contributed by atoms with Crippen LogP contribution in [-0.2, 0) is 0 Å².